The third kappa shape index (κ3) is 3.08. The van der Waals surface area contributed by atoms with Gasteiger partial charge < -0.3 is 5.11 Å². The van der Waals surface area contributed by atoms with Gasteiger partial charge in [-0.2, -0.15) is 5.10 Å². The Hall–Kier alpha value is -1.65. The van der Waals surface area contributed by atoms with Crippen LogP contribution in [-0.4, -0.2) is 39.5 Å². The Morgan fingerprint density at radius 1 is 1.20 bits per heavy atom. The first-order valence-corrected chi connectivity index (χ1v) is 7.27. The Bertz CT molecular complexity index is 530. The Morgan fingerprint density at radius 3 is 2.75 bits per heavy atom. The molecular weight excluding hydrogens is 250 g/mol. The molecule has 106 valence electrons. The molecule has 1 N–H and O–H groups in total. The molecule has 1 aromatic carbocycles. The molecule has 2 aromatic rings. The van der Waals surface area contributed by atoms with Crippen molar-refractivity contribution in [1.29, 1.82) is 0 Å². The highest BCUT2D eigenvalue weighted by Crippen LogP contribution is 2.19. The van der Waals surface area contributed by atoms with Crippen molar-refractivity contribution >= 4 is 0 Å². The SMILES string of the molecule is OCC1CCN(Cc2cccc(-n3cccn3)c2)CC1. The highest BCUT2D eigenvalue weighted by Gasteiger charge is 2.18. The molecule has 3 rings (SSSR count). The van der Waals surface area contributed by atoms with Crippen molar-refractivity contribution in [3.8, 4) is 5.69 Å². The van der Waals surface area contributed by atoms with Crippen molar-refractivity contribution in [3.05, 3.63) is 48.3 Å². The van der Waals surface area contributed by atoms with Gasteiger partial charge in [0.1, 0.15) is 0 Å². The molecule has 1 fully saturated rings. The fourth-order valence-corrected chi connectivity index (χ4v) is 2.80. The van der Waals surface area contributed by atoms with E-state index < -0.39 is 0 Å². The second kappa shape index (κ2) is 6.20. The van der Waals surface area contributed by atoms with Gasteiger partial charge in [0.05, 0.1) is 5.69 Å². The molecule has 0 amide bonds. The van der Waals surface area contributed by atoms with Crippen molar-refractivity contribution in [2.75, 3.05) is 19.7 Å². The minimum Gasteiger partial charge on any atom is -0.396 e. The lowest BCUT2D eigenvalue weighted by molar-refractivity contribution is 0.127. The Balaban J connectivity index is 1.65. The van der Waals surface area contributed by atoms with E-state index in [2.05, 4.69) is 34.3 Å². The Labute approximate surface area is 119 Å². The monoisotopic (exact) mass is 271 g/mol. The van der Waals surface area contributed by atoms with E-state index in [4.69, 9.17) is 0 Å². The van der Waals surface area contributed by atoms with E-state index in [-0.39, 0.29) is 0 Å². The zero-order chi connectivity index (χ0) is 13.8. The molecule has 2 heterocycles. The lowest BCUT2D eigenvalue weighted by Crippen LogP contribution is -2.34. The number of nitrogens with zero attached hydrogens (tertiary/aromatic N) is 3. The second-order valence-electron chi connectivity index (χ2n) is 5.52. The number of hydrogen-bond acceptors (Lipinski definition) is 3. The number of aliphatic hydroxyl groups excluding tert-OH is 1. The summed E-state index contributed by atoms with van der Waals surface area (Å²) in [7, 11) is 0. The van der Waals surface area contributed by atoms with Gasteiger partial charge in [0.15, 0.2) is 0 Å². The lowest BCUT2D eigenvalue weighted by Gasteiger charge is -2.31. The van der Waals surface area contributed by atoms with Crippen LogP contribution in [0.4, 0.5) is 0 Å². The number of aliphatic hydroxyl groups is 1. The second-order valence-corrected chi connectivity index (χ2v) is 5.52. The predicted molar refractivity (Wildman–Crippen MR) is 78.7 cm³/mol. The molecule has 1 saturated heterocycles. The molecule has 0 saturated carbocycles. The summed E-state index contributed by atoms with van der Waals surface area (Å²) in [6, 6.07) is 10.5. The van der Waals surface area contributed by atoms with Gasteiger partial charge in [-0.05, 0) is 55.6 Å². The van der Waals surface area contributed by atoms with Crippen LogP contribution in [0.1, 0.15) is 18.4 Å². The molecule has 1 aliphatic heterocycles. The van der Waals surface area contributed by atoms with Crippen LogP contribution in [0, 0.1) is 5.92 Å². The topological polar surface area (TPSA) is 41.3 Å². The van der Waals surface area contributed by atoms with Gasteiger partial charge in [-0.25, -0.2) is 4.68 Å². The van der Waals surface area contributed by atoms with E-state index in [1.54, 1.807) is 6.20 Å². The zero-order valence-corrected chi connectivity index (χ0v) is 11.7. The lowest BCUT2D eigenvalue weighted by atomic mass is 9.97. The zero-order valence-electron chi connectivity index (χ0n) is 11.7. The largest absolute Gasteiger partial charge is 0.396 e. The van der Waals surface area contributed by atoms with Gasteiger partial charge in [-0.3, -0.25) is 4.90 Å². The normalized spacial score (nSPS) is 17.4. The summed E-state index contributed by atoms with van der Waals surface area (Å²) >= 11 is 0. The van der Waals surface area contributed by atoms with Crippen LogP contribution in [0.15, 0.2) is 42.7 Å². The van der Waals surface area contributed by atoms with E-state index in [0.29, 0.717) is 12.5 Å². The maximum Gasteiger partial charge on any atom is 0.0648 e. The Kier molecular flexibility index (Phi) is 4.14. The maximum absolute atomic E-state index is 9.18. The molecule has 0 atom stereocenters. The van der Waals surface area contributed by atoms with E-state index >= 15 is 0 Å². The first-order valence-electron chi connectivity index (χ1n) is 7.27. The molecule has 0 unspecified atom stereocenters. The van der Waals surface area contributed by atoms with Gasteiger partial charge in [0.25, 0.3) is 0 Å². The first-order chi connectivity index (χ1) is 9.85. The number of rotatable bonds is 4. The van der Waals surface area contributed by atoms with Crippen LogP contribution < -0.4 is 0 Å². The summed E-state index contributed by atoms with van der Waals surface area (Å²) in [4.78, 5) is 2.47. The maximum atomic E-state index is 9.18. The molecule has 20 heavy (non-hydrogen) atoms. The number of piperidine rings is 1. The summed E-state index contributed by atoms with van der Waals surface area (Å²) in [5, 5.41) is 13.5. The van der Waals surface area contributed by atoms with E-state index in [0.717, 1.165) is 38.2 Å². The first kappa shape index (κ1) is 13.3. The highest BCUT2D eigenvalue weighted by molar-refractivity contribution is 5.35. The number of aromatic nitrogens is 2. The van der Waals surface area contributed by atoms with Crippen LogP contribution >= 0.6 is 0 Å². The van der Waals surface area contributed by atoms with Gasteiger partial charge in [-0.1, -0.05) is 12.1 Å². The standard InChI is InChI=1S/C16H21N3O/c20-13-14-5-9-18(10-6-14)12-15-3-1-4-16(11-15)19-8-2-7-17-19/h1-4,7-8,11,14,20H,5-6,9-10,12-13H2. The van der Waals surface area contributed by atoms with Crippen molar-refractivity contribution in [2.24, 2.45) is 5.92 Å². The van der Waals surface area contributed by atoms with Crippen LogP contribution in [0.25, 0.3) is 5.69 Å². The van der Waals surface area contributed by atoms with E-state index in [9.17, 15) is 5.11 Å². The van der Waals surface area contributed by atoms with E-state index in [1.807, 2.05) is 16.9 Å². The van der Waals surface area contributed by atoms with Crippen molar-refractivity contribution < 1.29 is 5.11 Å². The van der Waals surface area contributed by atoms with Crippen molar-refractivity contribution in [1.82, 2.24) is 14.7 Å². The minimum absolute atomic E-state index is 0.336. The molecular formula is C16H21N3O. The van der Waals surface area contributed by atoms with Gasteiger partial charge >= 0.3 is 0 Å². The highest BCUT2D eigenvalue weighted by atomic mass is 16.3. The van der Waals surface area contributed by atoms with Crippen LogP contribution in [0.5, 0.6) is 0 Å². The summed E-state index contributed by atoms with van der Waals surface area (Å²) in [6.45, 7) is 3.48. The molecule has 0 spiro atoms. The third-order valence-corrected chi connectivity index (χ3v) is 4.05. The van der Waals surface area contributed by atoms with Crippen LogP contribution in [0.3, 0.4) is 0 Å². The molecule has 4 heteroatoms. The quantitative estimate of drug-likeness (QED) is 0.925. The predicted octanol–water partition coefficient (Wildman–Crippen LogP) is 2.08. The molecule has 4 nitrogen and oxygen atoms in total. The van der Waals surface area contributed by atoms with Gasteiger partial charge in [-0.15, -0.1) is 0 Å². The van der Waals surface area contributed by atoms with Gasteiger partial charge in [0.2, 0.25) is 0 Å². The summed E-state index contributed by atoms with van der Waals surface area (Å²) in [5.74, 6) is 0.502. The molecule has 0 bridgehead atoms. The van der Waals surface area contributed by atoms with Crippen molar-refractivity contribution in [3.63, 3.8) is 0 Å². The smallest absolute Gasteiger partial charge is 0.0648 e. The number of hydrogen-bond donors (Lipinski definition) is 1. The summed E-state index contributed by atoms with van der Waals surface area (Å²) in [6.07, 6.45) is 5.98. The number of benzene rings is 1. The van der Waals surface area contributed by atoms with Crippen LogP contribution in [-0.2, 0) is 6.54 Å². The number of likely N-dealkylation sites (tertiary alicyclic amines) is 1. The molecule has 0 aliphatic carbocycles. The minimum atomic E-state index is 0.336. The van der Waals surface area contributed by atoms with Crippen LogP contribution in [0.2, 0.25) is 0 Å². The van der Waals surface area contributed by atoms with Gasteiger partial charge in [0, 0.05) is 25.5 Å². The third-order valence-electron chi connectivity index (χ3n) is 4.05. The fourth-order valence-electron chi connectivity index (χ4n) is 2.80. The molecule has 1 aromatic heterocycles. The van der Waals surface area contributed by atoms with E-state index in [1.165, 1.54) is 5.56 Å². The average Bonchev–Trinajstić information content (AvgIpc) is 3.03. The Morgan fingerprint density at radius 2 is 2.05 bits per heavy atom. The molecule has 1 aliphatic rings. The fraction of sp³-hybridized carbons (Fsp3) is 0.438. The van der Waals surface area contributed by atoms with Crippen molar-refractivity contribution in [2.45, 2.75) is 19.4 Å². The molecule has 0 radical (unpaired) electrons. The summed E-state index contributed by atoms with van der Waals surface area (Å²) < 4.78 is 1.89. The average molecular weight is 271 g/mol. The summed E-state index contributed by atoms with van der Waals surface area (Å²) in [5.41, 5.74) is 2.43.